The molecule has 0 saturated carbocycles. The number of nitrogens with one attached hydrogen (secondary N) is 1. The SMILES string of the molecule is CCOC(C)=O.O=C1CSC(=S)N1. The molecule has 4 nitrogen and oxygen atoms in total. The minimum atomic E-state index is -0.211. The Hall–Kier alpha value is -0.620. The summed E-state index contributed by atoms with van der Waals surface area (Å²) in [6, 6.07) is 0. The molecule has 0 bridgehead atoms. The fourth-order valence-corrected chi connectivity index (χ4v) is 1.33. The van der Waals surface area contributed by atoms with E-state index < -0.39 is 0 Å². The maximum absolute atomic E-state index is 10.2. The first-order valence-corrected chi connectivity index (χ1v) is 5.05. The Balaban J connectivity index is 0.000000226. The molecule has 0 spiro atoms. The lowest BCUT2D eigenvalue weighted by Gasteiger charge is -1.89. The molecule has 1 fully saturated rings. The van der Waals surface area contributed by atoms with E-state index in [9.17, 15) is 9.59 Å². The molecular formula is C7H11NO3S2. The third-order valence-electron chi connectivity index (χ3n) is 0.923. The zero-order valence-corrected chi connectivity index (χ0v) is 9.09. The Labute approximate surface area is 86.4 Å². The Morgan fingerprint density at radius 2 is 2.38 bits per heavy atom. The summed E-state index contributed by atoms with van der Waals surface area (Å²) in [7, 11) is 0. The number of thioether (sulfide) groups is 1. The molecule has 0 aromatic heterocycles. The van der Waals surface area contributed by atoms with Crippen LogP contribution in [0.1, 0.15) is 13.8 Å². The molecule has 6 heteroatoms. The number of hydrogen-bond donors (Lipinski definition) is 1. The molecule has 1 aliphatic rings. The third kappa shape index (κ3) is 7.73. The minimum Gasteiger partial charge on any atom is -0.466 e. The number of carbonyl (C=O) groups excluding carboxylic acids is 2. The normalized spacial score (nSPS) is 14.3. The van der Waals surface area contributed by atoms with Crippen molar-refractivity contribution in [2.45, 2.75) is 13.8 Å². The second kappa shape index (κ2) is 6.85. The van der Waals surface area contributed by atoms with Gasteiger partial charge in [0, 0.05) is 6.92 Å². The van der Waals surface area contributed by atoms with Gasteiger partial charge in [-0.25, -0.2) is 0 Å². The summed E-state index contributed by atoms with van der Waals surface area (Å²) in [5.41, 5.74) is 0. The van der Waals surface area contributed by atoms with Gasteiger partial charge in [0.2, 0.25) is 5.91 Å². The van der Waals surface area contributed by atoms with Crippen LogP contribution in [0.4, 0.5) is 0 Å². The van der Waals surface area contributed by atoms with Gasteiger partial charge in [-0.1, -0.05) is 24.0 Å². The lowest BCUT2D eigenvalue weighted by atomic mass is 10.7. The van der Waals surface area contributed by atoms with Gasteiger partial charge in [0.15, 0.2) is 0 Å². The second-order valence-electron chi connectivity index (χ2n) is 2.05. The molecular weight excluding hydrogens is 210 g/mol. The van der Waals surface area contributed by atoms with Gasteiger partial charge in [0.1, 0.15) is 4.32 Å². The monoisotopic (exact) mass is 221 g/mol. The number of carbonyl (C=O) groups is 2. The van der Waals surface area contributed by atoms with E-state index in [4.69, 9.17) is 0 Å². The topological polar surface area (TPSA) is 55.4 Å². The average Bonchev–Trinajstić information content (AvgIpc) is 2.35. The Morgan fingerprint density at radius 3 is 2.46 bits per heavy atom. The van der Waals surface area contributed by atoms with Gasteiger partial charge in [-0.15, -0.1) is 0 Å². The summed E-state index contributed by atoms with van der Waals surface area (Å²) in [6.45, 7) is 3.65. The van der Waals surface area contributed by atoms with Gasteiger partial charge in [-0.05, 0) is 6.92 Å². The highest BCUT2D eigenvalue weighted by Gasteiger charge is 2.13. The van der Waals surface area contributed by atoms with E-state index in [2.05, 4.69) is 22.3 Å². The van der Waals surface area contributed by atoms with Crippen molar-refractivity contribution in [2.24, 2.45) is 0 Å². The molecule has 1 saturated heterocycles. The number of esters is 1. The summed E-state index contributed by atoms with van der Waals surface area (Å²) >= 11 is 6.00. The summed E-state index contributed by atoms with van der Waals surface area (Å²) in [5.74, 6) is 0.311. The quantitative estimate of drug-likeness (QED) is 0.522. The van der Waals surface area contributed by atoms with Crippen molar-refractivity contribution < 1.29 is 14.3 Å². The zero-order valence-electron chi connectivity index (χ0n) is 7.46. The Bertz CT molecular complexity index is 204. The molecule has 0 aliphatic carbocycles. The van der Waals surface area contributed by atoms with E-state index in [1.807, 2.05) is 0 Å². The van der Waals surface area contributed by atoms with Crippen molar-refractivity contribution in [3.63, 3.8) is 0 Å². The first-order chi connectivity index (χ1) is 6.06. The number of thiocarbonyl (C=S) groups is 1. The maximum Gasteiger partial charge on any atom is 0.302 e. The highest BCUT2D eigenvalue weighted by atomic mass is 32.2. The van der Waals surface area contributed by atoms with Crippen molar-refractivity contribution in [1.82, 2.24) is 5.32 Å². The lowest BCUT2D eigenvalue weighted by Crippen LogP contribution is -2.18. The molecule has 0 atom stereocenters. The predicted molar refractivity (Wildman–Crippen MR) is 55.5 cm³/mol. The third-order valence-corrected chi connectivity index (χ3v) is 2.15. The van der Waals surface area contributed by atoms with E-state index in [1.165, 1.54) is 18.7 Å². The Morgan fingerprint density at radius 1 is 1.77 bits per heavy atom. The minimum absolute atomic E-state index is 0.0231. The van der Waals surface area contributed by atoms with Gasteiger partial charge in [-0.3, -0.25) is 9.59 Å². The van der Waals surface area contributed by atoms with Crippen LogP contribution in [-0.2, 0) is 14.3 Å². The summed E-state index contributed by atoms with van der Waals surface area (Å²) in [6.07, 6.45) is 0. The first kappa shape index (κ1) is 12.4. The lowest BCUT2D eigenvalue weighted by molar-refractivity contribution is -0.140. The van der Waals surface area contributed by atoms with Crippen molar-refractivity contribution in [2.75, 3.05) is 12.4 Å². The highest BCUT2D eigenvalue weighted by Crippen LogP contribution is 2.06. The predicted octanol–water partition coefficient (Wildman–Crippen LogP) is 0.704. The van der Waals surface area contributed by atoms with Gasteiger partial charge in [0.05, 0.1) is 12.4 Å². The first-order valence-electron chi connectivity index (χ1n) is 3.66. The van der Waals surface area contributed by atoms with Gasteiger partial charge in [0.25, 0.3) is 0 Å². The van der Waals surface area contributed by atoms with Crippen LogP contribution in [0.15, 0.2) is 0 Å². The fourth-order valence-electron chi connectivity index (χ4n) is 0.520. The Kier molecular flexibility index (Phi) is 6.52. The summed E-state index contributed by atoms with van der Waals surface area (Å²) in [4.78, 5) is 20.1. The largest absolute Gasteiger partial charge is 0.466 e. The van der Waals surface area contributed by atoms with Crippen molar-refractivity contribution in [3.05, 3.63) is 0 Å². The molecule has 13 heavy (non-hydrogen) atoms. The second-order valence-corrected chi connectivity index (χ2v) is 3.70. The van der Waals surface area contributed by atoms with Gasteiger partial charge >= 0.3 is 5.97 Å². The van der Waals surface area contributed by atoms with Crippen molar-refractivity contribution >= 4 is 40.2 Å². The zero-order chi connectivity index (χ0) is 10.3. The van der Waals surface area contributed by atoms with Crippen LogP contribution in [0, 0.1) is 0 Å². The van der Waals surface area contributed by atoms with Crippen LogP contribution in [0.2, 0.25) is 0 Å². The van der Waals surface area contributed by atoms with Crippen molar-refractivity contribution in [1.29, 1.82) is 0 Å². The van der Waals surface area contributed by atoms with Crippen LogP contribution >= 0.6 is 24.0 Å². The van der Waals surface area contributed by atoms with E-state index in [0.29, 0.717) is 16.7 Å². The van der Waals surface area contributed by atoms with E-state index >= 15 is 0 Å². The smallest absolute Gasteiger partial charge is 0.302 e. The molecule has 0 aromatic rings. The van der Waals surface area contributed by atoms with Crippen LogP contribution in [0.25, 0.3) is 0 Å². The van der Waals surface area contributed by atoms with Crippen molar-refractivity contribution in [3.8, 4) is 0 Å². The van der Waals surface area contributed by atoms with E-state index in [-0.39, 0.29) is 11.9 Å². The average molecular weight is 221 g/mol. The van der Waals surface area contributed by atoms with Crippen LogP contribution in [0.3, 0.4) is 0 Å². The number of hydrogen-bond acceptors (Lipinski definition) is 5. The van der Waals surface area contributed by atoms with Crippen LogP contribution in [0.5, 0.6) is 0 Å². The number of ether oxygens (including phenoxy) is 1. The molecule has 1 N–H and O–H groups in total. The number of rotatable bonds is 1. The van der Waals surface area contributed by atoms with Gasteiger partial charge in [-0.2, -0.15) is 0 Å². The molecule has 0 aromatic carbocycles. The molecule has 0 radical (unpaired) electrons. The molecule has 74 valence electrons. The highest BCUT2D eigenvalue weighted by molar-refractivity contribution is 8.24. The van der Waals surface area contributed by atoms with Crippen LogP contribution < -0.4 is 5.32 Å². The van der Waals surface area contributed by atoms with Gasteiger partial charge < -0.3 is 10.1 Å². The molecule has 1 aliphatic heterocycles. The fraction of sp³-hybridized carbons (Fsp3) is 0.571. The molecule has 1 amide bonds. The number of amides is 1. The standard InChI is InChI=1S/C4H8O2.C3H3NOS2/c1-3-6-4(2)5;5-2-1-7-3(6)4-2/h3H2,1-2H3;1H2,(H,4,5,6). The van der Waals surface area contributed by atoms with Crippen LogP contribution in [-0.4, -0.2) is 28.6 Å². The summed E-state index contributed by atoms with van der Waals surface area (Å²) < 4.78 is 5.00. The molecule has 1 heterocycles. The van der Waals surface area contributed by atoms with E-state index in [1.54, 1.807) is 6.92 Å². The van der Waals surface area contributed by atoms with E-state index in [0.717, 1.165) is 0 Å². The maximum atomic E-state index is 10.2. The molecule has 1 rings (SSSR count). The molecule has 0 unspecified atom stereocenters. The summed E-state index contributed by atoms with van der Waals surface area (Å²) in [5, 5.41) is 2.47.